The molecular weight excluding hydrogens is 350 g/mol. The van der Waals surface area contributed by atoms with Gasteiger partial charge < -0.3 is 5.32 Å². The molecule has 0 aliphatic carbocycles. The third-order valence-corrected chi connectivity index (χ3v) is 4.67. The van der Waals surface area contributed by atoms with E-state index >= 15 is 0 Å². The molecule has 2 aromatic carbocycles. The van der Waals surface area contributed by atoms with Gasteiger partial charge in [-0.05, 0) is 39.3 Å². The van der Waals surface area contributed by atoms with E-state index in [4.69, 9.17) is 0 Å². The summed E-state index contributed by atoms with van der Waals surface area (Å²) in [4.78, 5) is 25.5. The summed E-state index contributed by atoms with van der Waals surface area (Å²) in [5.74, 6) is -0.377. The van der Waals surface area contributed by atoms with Crippen molar-refractivity contribution in [2.24, 2.45) is 0 Å². The van der Waals surface area contributed by atoms with Crippen molar-refractivity contribution in [1.82, 2.24) is 15.1 Å². The van der Waals surface area contributed by atoms with E-state index in [0.717, 1.165) is 29.9 Å². The van der Waals surface area contributed by atoms with Crippen molar-refractivity contribution in [2.75, 3.05) is 6.54 Å². The number of carbonyl (C=O) groups is 2. The van der Waals surface area contributed by atoms with E-state index in [1.54, 1.807) is 36.4 Å². The van der Waals surface area contributed by atoms with Gasteiger partial charge in [-0.15, -0.1) is 0 Å². The van der Waals surface area contributed by atoms with Crippen LogP contribution in [0.5, 0.6) is 0 Å². The molecule has 0 radical (unpaired) electrons. The van der Waals surface area contributed by atoms with Gasteiger partial charge in [0.2, 0.25) is 0 Å². The summed E-state index contributed by atoms with van der Waals surface area (Å²) in [5, 5.41) is 7.34. The normalized spacial score (nSPS) is 10.7. The number of amides is 1. The molecule has 0 aliphatic rings. The molecule has 28 heavy (non-hydrogen) atoms. The van der Waals surface area contributed by atoms with Crippen molar-refractivity contribution in [1.29, 1.82) is 0 Å². The molecule has 1 heterocycles. The van der Waals surface area contributed by atoms with Crippen LogP contribution in [0.25, 0.3) is 0 Å². The first-order valence-corrected chi connectivity index (χ1v) is 9.45. The number of carbonyl (C=O) groups excluding carboxylic acids is 2. The summed E-state index contributed by atoms with van der Waals surface area (Å²) in [6.45, 7) is 7.22. The molecule has 0 bridgehead atoms. The molecule has 1 amide bonds. The highest BCUT2D eigenvalue weighted by molar-refractivity contribution is 6.15. The molecule has 0 aliphatic heterocycles. The molecule has 5 nitrogen and oxygen atoms in total. The van der Waals surface area contributed by atoms with Gasteiger partial charge in [0.25, 0.3) is 5.91 Å². The summed E-state index contributed by atoms with van der Waals surface area (Å²) in [6.07, 6.45) is 0.766. The van der Waals surface area contributed by atoms with Crippen LogP contribution in [0.2, 0.25) is 0 Å². The minimum absolute atomic E-state index is 0.145. The number of hydrogen-bond donors (Lipinski definition) is 1. The quantitative estimate of drug-likeness (QED) is 0.504. The Morgan fingerprint density at radius 3 is 2.29 bits per heavy atom. The minimum Gasteiger partial charge on any atom is -0.352 e. The zero-order chi connectivity index (χ0) is 20.1. The number of ketones is 1. The number of aromatic nitrogens is 2. The van der Waals surface area contributed by atoms with Crippen LogP contribution in [0.4, 0.5) is 0 Å². The van der Waals surface area contributed by atoms with Crippen LogP contribution in [-0.4, -0.2) is 28.0 Å². The van der Waals surface area contributed by atoms with Crippen LogP contribution < -0.4 is 5.32 Å². The number of rotatable bonds is 7. The Balaban J connectivity index is 1.64. The number of benzene rings is 2. The second-order valence-electron chi connectivity index (χ2n) is 7.00. The van der Waals surface area contributed by atoms with Gasteiger partial charge in [-0.3, -0.25) is 14.3 Å². The first kappa shape index (κ1) is 19.5. The molecule has 1 aromatic heterocycles. The van der Waals surface area contributed by atoms with E-state index in [9.17, 15) is 9.59 Å². The van der Waals surface area contributed by atoms with Gasteiger partial charge in [0.05, 0.1) is 11.3 Å². The molecule has 3 rings (SSSR count). The lowest BCUT2D eigenvalue weighted by molar-refractivity contribution is 0.0941. The van der Waals surface area contributed by atoms with E-state index in [-0.39, 0.29) is 11.7 Å². The summed E-state index contributed by atoms with van der Waals surface area (Å²) in [7, 11) is 0. The minimum atomic E-state index is -0.232. The fourth-order valence-corrected chi connectivity index (χ4v) is 3.17. The Kier molecular flexibility index (Phi) is 6.04. The molecule has 0 saturated carbocycles. The topological polar surface area (TPSA) is 64.0 Å². The Bertz CT molecular complexity index is 987. The van der Waals surface area contributed by atoms with Crippen LogP contribution in [-0.2, 0) is 6.54 Å². The SMILES string of the molecule is Cc1ccc(C(=O)c2ccccc2C(=O)NCCCn2nc(C)cc2C)cc1. The fraction of sp³-hybridized carbons (Fsp3) is 0.261. The van der Waals surface area contributed by atoms with Gasteiger partial charge >= 0.3 is 0 Å². The van der Waals surface area contributed by atoms with E-state index in [1.807, 2.05) is 43.7 Å². The smallest absolute Gasteiger partial charge is 0.252 e. The molecule has 0 fully saturated rings. The zero-order valence-electron chi connectivity index (χ0n) is 16.5. The van der Waals surface area contributed by atoms with Crippen LogP contribution in [0.1, 0.15) is 49.7 Å². The maximum absolute atomic E-state index is 12.8. The second kappa shape index (κ2) is 8.65. The Labute approximate surface area is 165 Å². The van der Waals surface area contributed by atoms with Gasteiger partial charge in [0.15, 0.2) is 5.78 Å². The van der Waals surface area contributed by atoms with E-state index < -0.39 is 0 Å². The highest BCUT2D eigenvalue weighted by Gasteiger charge is 2.17. The van der Waals surface area contributed by atoms with E-state index in [0.29, 0.717) is 23.2 Å². The van der Waals surface area contributed by atoms with Crippen LogP contribution >= 0.6 is 0 Å². The highest BCUT2D eigenvalue weighted by atomic mass is 16.2. The predicted octanol–water partition coefficient (Wildman–Crippen LogP) is 3.86. The lowest BCUT2D eigenvalue weighted by Crippen LogP contribution is -2.27. The van der Waals surface area contributed by atoms with Crippen molar-refractivity contribution >= 4 is 11.7 Å². The number of nitrogens with one attached hydrogen (secondary N) is 1. The third kappa shape index (κ3) is 4.55. The third-order valence-electron chi connectivity index (χ3n) is 4.67. The molecule has 0 spiro atoms. The molecule has 5 heteroatoms. The lowest BCUT2D eigenvalue weighted by atomic mass is 9.97. The zero-order valence-corrected chi connectivity index (χ0v) is 16.5. The number of aryl methyl sites for hydroxylation is 4. The summed E-state index contributed by atoms with van der Waals surface area (Å²) in [5.41, 5.74) is 4.59. The molecule has 3 aromatic rings. The Hall–Kier alpha value is -3.21. The molecular formula is C23H25N3O2. The summed E-state index contributed by atoms with van der Waals surface area (Å²) >= 11 is 0. The Morgan fingerprint density at radius 2 is 1.64 bits per heavy atom. The fourth-order valence-electron chi connectivity index (χ4n) is 3.17. The van der Waals surface area contributed by atoms with Crippen LogP contribution in [0, 0.1) is 20.8 Å². The van der Waals surface area contributed by atoms with E-state index in [1.165, 1.54) is 0 Å². The predicted molar refractivity (Wildman–Crippen MR) is 110 cm³/mol. The van der Waals surface area contributed by atoms with Crippen LogP contribution in [0.3, 0.4) is 0 Å². The maximum Gasteiger partial charge on any atom is 0.252 e. The largest absolute Gasteiger partial charge is 0.352 e. The summed E-state index contributed by atoms with van der Waals surface area (Å²) < 4.78 is 1.94. The second-order valence-corrected chi connectivity index (χ2v) is 7.00. The molecule has 0 saturated heterocycles. The van der Waals surface area contributed by atoms with Gasteiger partial charge in [0.1, 0.15) is 0 Å². The molecule has 0 atom stereocenters. The first-order chi connectivity index (χ1) is 13.5. The molecule has 1 N–H and O–H groups in total. The molecule has 144 valence electrons. The van der Waals surface area contributed by atoms with Crippen molar-refractivity contribution in [3.8, 4) is 0 Å². The highest BCUT2D eigenvalue weighted by Crippen LogP contribution is 2.15. The summed E-state index contributed by atoms with van der Waals surface area (Å²) in [6, 6.07) is 16.4. The Morgan fingerprint density at radius 1 is 0.964 bits per heavy atom. The van der Waals surface area contributed by atoms with Gasteiger partial charge in [-0.25, -0.2) is 0 Å². The molecule has 0 unspecified atom stereocenters. The lowest BCUT2D eigenvalue weighted by Gasteiger charge is -2.10. The standard InChI is InChI=1S/C23H25N3O2/c1-16-9-11-19(12-10-16)22(27)20-7-4-5-8-21(20)23(28)24-13-6-14-26-18(3)15-17(2)25-26/h4-5,7-12,15H,6,13-14H2,1-3H3,(H,24,28). The number of hydrogen-bond acceptors (Lipinski definition) is 3. The van der Waals surface area contributed by atoms with Crippen molar-refractivity contribution in [3.05, 3.63) is 88.2 Å². The van der Waals surface area contributed by atoms with Crippen molar-refractivity contribution in [3.63, 3.8) is 0 Å². The van der Waals surface area contributed by atoms with Crippen molar-refractivity contribution in [2.45, 2.75) is 33.7 Å². The van der Waals surface area contributed by atoms with Gasteiger partial charge in [-0.2, -0.15) is 5.10 Å². The van der Waals surface area contributed by atoms with E-state index in [2.05, 4.69) is 10.4 Å². The average Bonchev–Trinajstić information content (AvgIpc) is 3.02. The van der Waals surface area contributed by atoms with Crippen molar-refractivity contribution < 1.29 is 9.59 Å². The van der Waals surface area contributed by atoms with Gasteiger partial charge in [0, 0.05) is 29.9 Å². The maximum atomic E-state index is 12.8. The van der Waals surface area contributed by atoms with Crippen LogP contribution in [0.15, 0.2) is 54.6 Å². The average molecular weight is 375 g/mol. The number of nitrogens with zero attached hydrogens (tertiary/aromatic N) is 2. The monoisotopic (exact) mass is 375 g/mol. The first-order valence-electron chi connectivity index (χ1n) is 9.45. The van der Waals surface area contributed by atoms with Gasteiger partial charge in [-0.1, -0.05) is 48.0 Å².